The van der Waals surface area contributed by atoms with Crippen LogP contribution in [-0.2, 0) is 20.8 Å². The summed E-state index contributed by atoms with van der Waals surface area (Å²) in [5.41, 5.74) is 0.992. The van der Waals surface area contributed by atoms with Gasteiger partial charge in [0.25, 0.3) is 0 Å². The van der Waals surface area contributed by atoms with Crippen LogP contribution < -0.4 is 5.32 Å². The monoisotopic (exact) mass is 248 g/mol. The minimum Gasteiger partial charge on any atom is -0.368 e. The van der Waals surface area contributed by atoms with E-state index in [9.17, 15) is 9.59 Å². The number of amides is 1. The third-order valence-corrected chi connectivity index (χ3v) is 2.68. The molecule has 1 fully saturated rings. The van der Waals surface area contributed by atoms with Crippen LogP contribution in [0.15, 0.2) is 30.3 Å². The fourth-order valence-corrected chi connectivity index (χ4v) is 1.85. The first-order valence-electron chi connectivity index (χ1n) is 5.90. The molecular formula is C13H16N2O3. The van der Waals surface area contributed by atoms with Gasteiger partial charge >= 0.3 is 5.97 Å². The number of carbonyl (C=O) groups excluding carboxylic acids is 2. The molecule has 1 aliphatic heterocycles. The SMILES string of the molecule is CC(=O)ON1CC(NC(=O)Cc2ccccc2)C1. The number of hydrogen-bond acceptors (Lipinski definition) is 4. The van der Waals surface area contributed by atoms with Gasteiger partial charge in [0.1, 0.15) is 0 Å². The molecule has 1 amide bonds. The Kier molecular flexibility index (Phi) is 3.94. The number of rotatable bonds is 4. The Labute approximate surface area is 106 Å². The third kappa shape index (κ3) is 3.56. The predicted molar refractivity (Wildman–Crippen MR) is 65.4 cm³/mol. The molecule has 0 radical (unpaired) electrons. The van der Waals surface area contributed by atoms with Crippen LogP contribution in [0.2, 0.25) is 0 Å². The second-order valence-corrected chi connectivity index (χ2v) is 4.36. The van der Waals surface area contributed by atoms with Gasteiger partial charge in [-0.05, 0) is 5.56 Å². The lowest BCUT2D eigenvalue weighted by Gasteiger charge is -2.37. The van der Waals surface area contributed by atoms with E-state index in [0.717, 1.165) is 5.56 Å². The number of hydroxylamine groups is 2. The van der Waals surface area contributed by atoms with E-state index in [1.54, 1.807) is 0 Å². The Morgan fingerprint density at radius 2 is 2.00 bits per heavy atom. The highest BCUT2D eigenvalue weighted by Crippen LogP contribution is 2.09. The van der Waals surface area contributed by atoms with Gasteiger partial charge in [0.05, 0.1) is 25.6 Å². The summed E-state index contributed by atoms with van der Waals surface area (Å²) in [4.78, 5) is 27.2. The van der Waals surface area contributed by atoms with Gasteiger partial charge in [0.15, 0.2) is 0 Å². The van der Waals surface area contributed by atoms with E-state index < -0.39 is 0 Å². The van der Waals surface area contributed by atoms with Gasteiger partial charge in [-0.25, -0.2) is 0 Å². The van der Waals surface area contributed by atoms with Crippen LogP contribution >= 0.6 is 0 Å². The molecule has 1 aromatic rings. The van der Waals surface area contributed by atoms with Crippen molar-refractivity contribution in [2.75, 3.05) is 13.1 Å². The molecule has 0 spiro atoms. The average Bonchev–Trinajstić information content (AvgIpc) is 2.27. The topological polar surface area (TPSA) is 58.6 Å². The first-order chi connectivity index (χ1) is 8.63. The highest BCUT2D eigenvalue weighted by Gasteiger charge is 2.30. The zero-order chi connectivity index (χ0) is 13.0. The van der Waals surface area contributed by atoms with Gasteiger partial charge in [-0.15, -0.1) is 5.06 Å². The van der Waals surface area contributed by atoms with Crippen LogP contribution in [-0.4, -0.2) is 36.1 Å². The minimum atomic E-state index is -0.330. The standard InChI is InChI=1S/C13H16N2O3/c1-10(16)18-15-8-12(9-15)14-13(17)7-11-5-3-2-4-6-11/h2-6,12H,7-9H2,1H3,(H,14,17). The molecule has 1 aromatic carbocycles. The molecule has 0 unspecified atom stereocenters. The Morgan fingerprint density at radius 1 is 1.33 bits per heavy atom. The minimum absolute atomic E-state index is 0.00586. The molecule has 1 saturated heterocycles. The van der Waals surface area contributed by atoms with Crippen molar-refractivity contribution in [1.29, 1.82) is 0 Å². The van der Waals surface area contributed by atoms with Gasteiger partial charge in [-0.2, -0.15) is 0 Å². The maximum absolute atomic E-state index is 11.7. The molecule has 1 N–H and O–H groups in total. The number of carbonyl (C=O) groups is 2. The van der Waals surface area contributed by atoms with E-state index in [1.807, 2.05) is 30.3 Å². The van der Waals surface area contributed by atoms with Gasteiger partial charge in [0.2, 0.25) is 5.91 Å². The number of nitrogens with zero attached hydrogens (tertiary/aromatic N) is 1. The molecule has 18 heavy (non-hydrogen) atoms. The van der Waals surface area contributed by atoms with Crippen LogP contribution in [0.1, 0.15) is 12.5 Å². The summed E-state index contributed by atoms with van der Waals surface area (Å²) in [7, 11) is 0. The van der Waals surface area contributed by atoms with Crippen LogP contribution in [0.5, 0.6) is 0 Å². The lowest BCUT2D eigenvalue weighted by atomic mass is 10.1. The van der Waals surface area contributed by atoms with E-state index in [-0.39, 0.29) is 17.9 Å². The highest BCUT2D eigenvalue weighted by atomic mass is 16.7. The first-order valence-corrected chi connectivity index (χ1v) is 5.90. The Hall–Kier alpha value is -1.88. The normalized spacial score (nSPS) is 15.8. The summed E-state index contributed by atoms with van der Waals surface area (Å²) in [5.74, 6) is -0.335. The zero-order valence-corrected chi connectivity index (χ0v) is 10.3. The third-order valence-electron chi connectivity index (χ3n) is 2.68. The van der Waals surface area contributed by atoms with Crippen LogP contribution in [0.3, 0.4) is 0 Å². The summed E-state index contributed by atoms with van der Waals surface area (Å²) < 4.78 is 0. The van der Waals surface area contributed by atoms with Crippen molar-refractivity contribution in [3.8, 4) is 0 Å². The van der Waals surface area contributed by atoms with Crippen molar-refractivity contribution >= 4 is 11.9 Å². The largest absolute Gasteiger partial charge is 0.368 e. The fourth-order valence-electron chi connectivity index (χ4n) is 1.85. The molecule has 0 atom stereocenters. The number of nitrogens with one attached hydrogen (secondary N) is 1. The molecule has 96 valence electrons. The molecule has 5 nitrogen and oxygen atoms in total. The maximum atomic E-state index is 11.7. The molecule has 0 aliphatic carbocycles. The molecule has 2 rings (SSSR count). The van der Waals surface area contributed by atoms with Crippen LogP contribution in [0.4, 0.5) is 0 Å². The molecule has 1 heterocycles. The van der Waals surface area contributed by atoms with Gasteiger partial charge in [-0.1, -0.05) is 30.3 Å². The van der Waals surface area contributed by atoms with E-state index in [1.165, 1.54) is 12.0 Å². The highest BCUT2D eigenvalue weighted by molar-refractivity contribution is 5.79. The van der Waals surface area contributed by atoms with Crippen molar-refractivity contribution in [2.24, 2.45) is 0 Å². The smallest absolute Gasteiger partial charge is 0.322 e. The van der Waals surface area contributed by atoms with Gasteiger partial charge in [0, 0.05) is 6.92 Å². The first kappa shape index (κ1) is 12.6. The lowest BCUT2D eigenvalue weighted by Crippen LogP contribution is -2.59. The molecule has 0 aromatic heterocycles. The zero-order valence-electron chi connectivity index (χ0n) is 10.3. The summed E-state index contributed by atoms with van der Waals surface area (Å²) in [5, 5.41) is 4.43. The number of benzene rings is 1. The van der Waals surface area contributed by atoms with Crippen molar-refractivity contribution in [1.82, 2.24) is 10.4 Å². The lowest BCUT2D eigenvalue weighted by molar-refractivity contribution is -0.210. The Balaban J connectivity index is 1.69. The molecular weight excluding hydrogens is 232 g/mol. The Morgan fingerprint density at radius 3 is 2.61 bits per heavy atom. The quantitative estimate of drug-likeness (QED) is 0.843. The van der Waals surface area contributed by atoms with E-state index in [4.69, 9.17) is 4.84 Å². The van der Waals surface area contributed by atoms with Crippen LogP contribution in [0, 0.1) is 0 Å². The van der Waals surface area contributed by atoms with E-state index >= 15 is 0 Å². The molecule has 1 aliphatic rings. The van der Waals surface area contributed by atoms with E-state index in [2.05, 4.69) is 5.32 Å². The van der Waals surface area contributed by atoms with Crippen LogP contribution in [0.25, 0.3) is 0 Å². The van der Waals surface area contributed by atoms with E-state index in [0.29, 0.717) is 19.5 Å². The summed E-state index contributed by atoms with van der Waals surface area (Å²) in [6.45, 7) is 2.47. The number of hydrogen-bond donors (Lipinski definition) is 1. The van der Waals surface area contributed by atoms with Crippen molar-refractivity contribution in [3.63, 3.8) is 0 Å². The second-order valence-electron chi connectivity index (χ2n) is 4.36. The van der Waals surface area contributed by atoms with Crippen molar-refractivity contribution in [2.45, 2.75) is 19.4 Å². The van der Waals surface area contributed by atoms with Crippen molar-refractivity contribution < 1.29 is 14.4 Å². The summed E-state index contributed by atoms with van der Waals surface area (Å²) in [6.07, 6.45) is 0.380. The maximum Gasteiger partial charge on any atom is 0.322 e. The van der Waals surface area contributed by atoms with Gasteiger partial charge < -0.3 is 10.2 Å². The summed E-state index contributed by atoms with van der Waals surface area (Å²) >= 11 is 0. The molecule has 0 bridgehead atoms. The molecule has 5 heteroatoms. The summed E-state index contributed by atoms with van der Waals surface area (Å²) in [6, 6.07) is 9.66. The molecule has 0 saturated carbocycles. The Bertz CT molecular complexity index is 427. The average molecular weight is 248 g/mol. The second kappa shape index (κ2) is 5.64. The fraction of sp³-hybridized carbons (Fsp3) is 0.385. The van der Waals surface area contributed by atoms with Gasteiger partial charge in [-0.3, -0.25) is 9.59 Å². The predicted octanol–water partition coefficient (Wildman–Crippen LogP) is 0.508. The van der Waals surface area contributed by atoms with Crippen molar-refractivity contribution in [3.05, 3.63) is 35.9 Å².